The van der Waals surface area contributed by atoms with Gasteiger partial charge >= 0.3 is 5.69 Å². The maximum atomic E-state index is 13.6. The summed E-state index contributed by atoms with van der Waals surface area (Å²) >= 11 is 0. The number of aromatic nitrogens is 6. The number of benzene rings is 2. The number of anilines is 1. The summed E-state index contributed by atoms with van der Waals surface area (Å²) < 4.78 is 28.4. The Morgan fingerprint density at radius 1 is 1.08 bits per heavy atom. The number of amides is 1. The Morgan fingerprint density at radius 2 is 1.92 bits per heavy atom. The maximum absolute atomic E-state index is 13.6. The van der Waals surface area contributed by atoms with E-state index in [9.17, 15) is 18.4 Å². The minimum Gasteiger partial charge on any atom is -0.364 e. The summed E-state index contributed by atoms with van der Waals surface area (Å²) in [5.41, 5.74) is 3.05. The van der Waals surface area contributed by atoms with Gasteiger partial charge in [0.25, 0.3) is 5.91 Å². The summed E-state index contributed by atoms with van der Waals surface area (Å²) in [4.78, 5) is 34.0. The topological polar surface area (TPSA) is 133 Å². The number of nitrogens with zero attached hydrogens (tertiary/aromatic N) is 4. The Balaban J connectivity index is 1.27. The van der Waals surface area contributed by atoms with Crippen molar-refractivity contribution in [3.63, 3.8) is 0 Å². The number of carbonyl (C=O) groups excluding carboxylic acids is 1. The van der Waals surface area contributed by atoms with Crippen molar-refractivity contribution in [3.8, 4) is 5.69 Å². The molecule has 10 nitrogen and oxygen atoms in total. The van der Waals surface area contributed by atoms with Crippen LogP contribution in [0.3, 0.4) is 0 Å². The van der Waals surface area contributed by atoms with E-state index in [-0.39, 0.29) is 17.8 Å². The zero-order valence-electron chi connectivity index (χ0n) is 18.9. The molecule has 4 N–H and O–H groups in total. The molecule has 0 fully saturated rings. The molecular formula is C24H20F2N8O2. The van der Waals surface area contributed by atoms with Crippen molar-refractivity contribution in [3.05, 3.63) is 99.9 Å². The number of aromatic amines is 2. The molecule has 0 radical (unpaired) electrons. The number of hydrogen-bond donors (Lipinski definition) is 4. The highest BCUT2D eigenvalue weighted by atomic mass is 19.2. The summed E-state index contributed by atoms with van der Waals surface area (Å²) in [6, 6.07) is 11.5. The van der Waals surface area contributed by atoms with E-state index < -0.39 is 23.6 Å². The minimum absolute atomic E-state index is 0.235. The Labute approximate surface area is 202 Å². The molecule has 12 heteroatoms. The molecule has 5 rings (SSSR count). The Kier molecular flexibility index (Phi) is 5.98. The van der Waals surface area contributed by atoms with Gasteiger partial charge in [-0.25, -0.2) is 23.2 Å². The molecule has 182 valence electrons. The lowest BCUT2D eigenvalue weighted by Crippen LogP contribution is -2.27. The van der Waals surface area contributed by atoms with E-state index in [1.165, 1.54) is 6.07 Å². The van der Waals surface area contributed by atoms with Crippen LogP contribution in [0.4, 0.5) is 14.6 Å². The largest absolute Gasteiger partial charge is 0.364 e. The first kappa shape index (κ1) is 22.9. The molecule has 0 spiro atoms. The molecule has 1 atom stereocenters. The van der Waals surface area contributed by atoms with Crippen molar-refractivity contribution in [1.82, 2.24) is 35.3 Å². The molecule has 2 aromatic carbocycles. The Hall–Kier alpha value is -4.87. The molecule has 0 bridgehead atoms. The van der Waals surface area contributed by atoms with E-state index in [0.717, 1.165) is 12.1 Å². The van der Waals surface area contributed by atoms with E-state index in [2.05, 4.69) is 35.9 Å². The van der Waals surface area contributed by atoms with E-state index in [1.54, 1.807) is 54.3 Å². The van der Waals surface area contributed by atoms with Crippen LogP contribution in [-0.4, -0.2) is 35.9 Å². The summed E-state index contributed by atoms with van der Waals surface area (Å²) in [5, 5.41) is 14.1. The van der Waals surface area contributed by atoms with Gasteiger partial charge in [-0.05, 0) is 55.0 Å². The third-order valence-corrected chi connectivity index (χ3v) is 5.59. The van der Waals surface area contributed by atoms with Crippen LogP contribution >= 0.6 is 0 Å². The molecule has 5 aromatic rings. The zero-order valence-corrected chi connectivity index (χ0v) is 18.9. The first-order valence-electron chi connectivity index (χ1n) is 11.0. The fourth-order valence-corrected chi connectivity index (χ4v) is 3.71. The lowest BCUT2D eigenvalue weighted by atomic mass is 10.1. The fraction of sp³-hybridized carbons (Fsp3) is 0.125. The van der Waals surface area contributed by atoms with Crippen molar-refractivity contribution >= 4 is 22.8 Å². The fourth-order valence-electron chi connectivity index (χ4n) is 3.71. The number of imidazole rings is 1. The minimum atomic E-state index is -0.980. The van der Waals surface area contributed by atoms with Crippen molar-refractivity contribution in [1.29, 1.82) is 0 Å². The smallest absolute Gasteiger partial charge is 0.323 e. The van der Waals surface area contributed by atoms with Crippen molar-refractivity contribution in [2.45, 2.75) is 19.5 Å². The summed E-state index contributed by atoms with van der Waals surface area (Å²) in [6.45, 7) is 1.91. The third-order valence-electron chi connectivity index (χ3n) is 5.59. The van der Waals surface area contributed by atoms with Crippen LogP contribution < -0.4 is 16.3 Å². The molecular weight excluding hydrogens is 470 g/mol. The standard InChI is InChI=1S/C24H20F2N8O2/c1-13(14-4-6-18(25)19(26)9-14)29-23(35)17-3-2-8-27-22(17)28-11-15-12-34(33-32-15)16-5-7-20-21(10-16)31-24(36)30-20/h2-10,12-13H,11H2,1H3,(H,27,28)(H,29,35)(H2,30,31,36)/t13-/m0/s1. The van der Waals surface area contributed by atoms with Crippen LogP contribution in [0.15, 0.2) is 65.7 Å². The van der Waals surface area contributed by atoms with Gasteiger partial charge in [-0.3, -0.25) is 4.79 Å². The van der Waals surface area contributed by atoms with E-state index >= 15 is 0 Å². The van der Waals surface area contributed by atoms with Crippen LogP contribution in [-0.2, 0) is 6.54 Å². The number of H-pyrrole nitrogens is 2. The highest BCUT2D eigenvalue weighted by Crippen LogP contribution is 2.19. The van der Waals surface area contributed by atoms with Crippen LogP contribution in [0.25, 0.3) is 16.7 Å². The average Bonchev–Trinajstić information content (AvgIpc) is 3.49. The molecule has 0 saturated carbocycles. The molecule has 0 aliphatic rings. The Bertz CT molecular complexity index is 1620. The van der Waals surface area contributed by atoms with Crippen molar-refractivity contribution in [2.24, 2.45) is 0 Å². The number of carbonyl (C=O) groups is 1. The highest BCUT2D eigenvalue weighted by molar-refractivity contribution is 5.98. The van der Waals surface area contributed by atoms with Gasteiger partial charge in [-0.2, -0.15) is 0 Å². The van der Waals surface area contributed by atoms with E-state index in [0.29, 0.717) is 33.8 Å². The van der Waals surface area contributed by atoms with Gasteiger partial charge in [0, 0.05) is 6.20 Å². The van der Waals surface area contributed by atoms with Crippen LogP contribution in [0.5, 0.6) is 0 Å². The van der Waals surface area contributed by atoms with Gasteiger partial charge in [0.1, 0.15) is 11.5 Å². The molecule has 3 aromatic heterocycles. The molecule has 0 aliphatic heterocycles. The molecule has 0 unspecified atom stereocenters. The summed E-state index contributed by atoms with van der Waals surface area (Å²) in [7, 11) is 0. The van der Waals surface area contributed by atoms with Gasteiger partial charge < -0.3 is 20.6 Å². The number of hydrogen-bond acceptors (Lipinski definition) is 6. The molecule has 36 heavy (non-hydrogen) atoms. The van der Waals surface area contributed by atoms with E-state index in [1.807, 2.05) is 0 Å². The lowest BCUT2D eigenvalue weighted by molar-refractivity contribution is 0.0940. The van der Waals surface area contributed by atoms with Gasteiger partial charge in [-0.15, -0.1) is 5.10 Å². The van der Waals surface area contributed by atoms with Gasteiger partial charge in [-0.1, -0.05) is 11.3 Å². The average molecular weight is 490 g/mol. The summed E-state index contributed by atoms with van der Waals surface area (Å²) in [5.74, 6) is -2.03. The lowest BCUT2D eigenvalue weighted by Gasteiger charge is -2.16. The van der Waals surface area contributed by atoms with Gasteiger partial charge in [0.15, 0.2) is 11.6 Å². The van der Waals surface area contributed by atoms with Gasteiger partial charge in [0.2, 0.25) is 0 Å². The molecule has 0 aliphatic carbocycles. The highest BCUT2D eigenvalue weighted by Gasteiger charge is 2.17. The molecule has 0 saturated heterocycles. The van der Waals surface area contributed by atoms with Crippen LogP contribution in [0.2, 0.25) is 0 Å². The monoisotopic (exact) mass is 490 g/mol. The maximum Gasteiger partial charge on any atom is 0.323 e. The van der Waals surface area contributed by atoms with Crippen LogP contribution in [0.1, 0.15) is 34.6 Å². The SMILES string of the molecule is C[C@H](NC(=O)c1cccnc1NCc1cn(-c2ccc3[nH]c(=O)[nH]c3c2)nn1)c1ccc(F)c(F)c1. The quantitative estimate of drug-likeness (QED) is 0.277. The number of pyridine rings is 1. The predicted octanol–water partition coefficient (Wildman–Crippen LogP) is 3.21. The predicted molar refractivity (Wildman–Crippen MR) is 128 cm³/mol. The number of rotatable bonds is 7. The first-order valence-corrected chi connectivity index (χ1v) is 11.0. The third kappa shape index (κ3) is 4.69. The second kappa shape index (κ2) is 9.41. The second-order valence-corrected chi connectivity index (χ2v) is 8.09. The van der Waals surface area contributed by atoms with Gasteiger partial charge in [0.05, 0.1) is 41.1 Å². The van der Waals surface area contributed by atoms with Crippen molar-refractivity contribution in [2.75, 3.05) is 5.32 Å². The zero-order chi connectivity index (χ0) is 25.2. The van der Waals surface area contributed by atoms with Crippen LogP contribution in [0, 0.1) is 11.6 Å². The first-order chi connectivity index (χ1) is 17.4. The normalized spacial score (nSPS) is 12.0. The number of nitrogens with one attached hydrogen (secondary N) is 4. The number of fused-ring (bicyclic) bond motifs is 1. The van der Waals surface area contributed by atoms with Crippen molar-refractivity contribution < 1.29 is 13.6 Å². The second-order valence-electron chi connectivity index (χ2n) is 8.09. The molecule has 1 amide bonds. The van der Waals surface area contributed by atoms with E-state index in [4.69, 9.17) is 0 Å². The summed E-state index contributed by atoms with van der Waals surface area (Å²) in [6.07, 6.45) is 3.26. The Morgan fingerprint density at radius 3 is 2.75 bits per heavy atom. The number of halogens is 2. The molecule has 3 heterocycles.